The van der Waals surface area contributed by atoms with E-state index >= 15 is 0 Å². The first kappa shape index (κ1) is 16.0. The Kier molecular flexibility index (Phi) is 5.38. The van der Waals surface area contributed by atoms with Crippen LogP contribution in [-0.4, -0.2) is 51.5 Å². The number of nitrogens with zero attached hydrogens (tertiary/aromatic N) is 1. The van der Waals surface area contributed by atoms with Crippen LogP contribution in [0.3, 0.4) is 0 Å². The van der Waals surface area contributed by atoms with Crippen molar-refractivity contribution in [3.8, 4) is 0 Å². The fourth-order valence-corrected chi connectivity index (χ4v) is 3.28. The first-order valence-electron chi connectivity index (χ1n) is 7.01. The lowest BCUT2D eigenvalue weighted by Gasteiger charge is -2.24. The molecule has 2 rings (SSSR count). The Bertz CT molecular complexity index is 575. The fourth-order valence-electron chi connectivity index (χ4n) is 1.96. The largest absolute Gasteiger partial charge is 0.438 e. The molecule has 1 aliphatic heterocycles. The zero-order valence-corrected chi connectivity index (χ0v) is 12.8. The molecule has 0 aliphatic carbocycles. The summed E-state index contributed by atoms with van der Waals surface area (Å²) in [6.07, 6.45) is 1.83. The van der Waals surface area contributed by atoms with Crippen LogP contribution in [0.5, 0.6) is 0 Å². The molecule has 0 radical (unpaired) electrons. The van der Waals surface area contributed by atoms with E-state index < -0.39 is 15.9 Å². The molecule has 2 heterocycles. The number of furan rings is 1. The van der Waals surface area contributed by atoms with Crippen molar-refractivity contribution >= 4 is 15.9 Å². The monoisotopic (exact) mass is 316 g/mol. The minimum absolute atomic E-state index is 0.0120. The predicted molar refractivity (Wildman–Crippen MR) is 75.5 cm³/mol. The van der Waals surface area contributed by atoms with Gasteiger partial charge in [0.05, 0.1) is 13.2 Å². The third-order valence-electron chi connectivity index (χ3n) is 3.19. The van der Waals surface area contributed by atoms with Crippen molar-refractivity contribution in [2.45, 2.75) is 24.9 Å². The van der Waals surface area contributed by atoms with Gasteiger partial charge in [0.2, 0.25) is 5.09 Å². The van der Waals surface area contributed by atoms with Crippen LogP contribution in [-0.2, 0) is 14.8 Å². The maximum absolute atomic E-state index is 12.3. The summed E-state index contributed by atoms with van der Waals surface area (Å²) in [6, 6.07) is 2.70. The fraction of sp³-hybridized carbons (Fsp3) is 0.615. The van der Waals surface area contributed by atoms with Crippen molar-refractivity contribution in [2.24, 2.45) is 0 Å². The third-order valence-corrected chi connectivity index (χ3v) is 4.96. The Morgan fingerprint density at radius 1 is 1.33 bits per heavy atom. The van der Waals surface area contributed by atoms with E-state index in [1.165, 1.54) is 16.4 Å². The Labute approximate surface area is 124 Å². The Morgan fingerprint density at radius 2 is 2.05 bits per heavy atom. The number of nitrogens with one attached hydrogen (secondary N) is 1. The second-order valence-electron chi connectivity index (χ2n) is 4.74. The minimum Gasteiger partial charge on any atom is -0.438 e. The molecular weight excluding hydrogens is 296 g/mol. The summed E-state index contributed by atoms with van der Waals surface area (Å²) < 4.78 is 36.3. The average molecular weight is 316 g/mol. The summed E-state index contributed by atoms with van der Waals surface area (Å²) in [4.78, 5) is 11.8. The van der Waals surface area contributed by atoms with Gasteiger partial charge in [-0.15, -0.1) is 0 Å². The number of morpholine rings is 1. The number of unbranched alkanes of at least 4 members (excludes halogenated alkanes) is 1. The molecule has 0 atom stereocenters. The van der Waals surface area contributed by atoms with Gasteiger partial charge in [0, 0.05) is 19.6 Å². The molecule has 1 aromatic rings. The van der Waals surface area contributed by atoms with E-state index in [-0.39, 0.29) is 10.9 Å². The number of carbonyl (C=O) groups excluding carboxylic acids is 1. The van der Waals surface area contributed by atoms with Gasteiger partial charge < -0.3 is 14.5 Å². The van der Waals surface area contributed by atoms with E-state index in [0.717, 1.165) is 12.8 Å². The van der Waals surface area contributed by atoms with Crippen LogP contribution in [0.15, 0.2) is 21.6 Å². The number of hydrogen-bond donors (Lipinski definition) is 1. The van der Waals surface area contributed by atoms with E-state index in [4.69, 9.17) is 9.15 Å². The highest BCUT2D eigenvalue weighted by atomic mass is 32.2. The molecule has 7 nitrogen and oxygen atoms in total. The summed E-state index contributed by atoms with van der Waals surface area (Å²) in [5, 5.41) is 2.48. The molecule has 1 saturated heterocycles. The summed E-state index contributed by atoms with van der Waals surface area (Å²) >= 11 is 0. The lowest BCUT2D eigenvalue weighted by Crippen LogP contribution is -2.40. The zero-order valence-electron chi connectivity index (χ0n) is 12.0. The third kappa shape index (κ3) is 3.84. The SMILES string of the molecule is CCCCNC(=O)c1ccc(S(=O)(=O)N2CCOCC2)o1. The standard InChI is InChI=1S/C13H20N2O5S/c1-2-3-6-14-13(16)11-4-5-12(20-11)21(17,18)15-7-9-19-10-8-15/h4-5H,2-3,6-10H2,1H3,(H,14,16). The van der Waals surface area contributed by atoms with Crippen LogP contribution in [0.2, 0.25) is 0 Å². The summed E-state index contributed by atoms with van der Waals surface area (Å²) in [5.41, 5.74) is 0. The molecule has 118 valence electrons. The lowest BCUT2D eigenvalue weighted by atomic mass is 10.3. The van der Waals surface area contributed by atoms with Gasteiger partial charge in [-0.2, -0.15) is 4.31 Å². The van der Waals surface area contributed by atoms with Crippen LogP contribution in [0.1, 0.15) is 30.3 Å². The summed E-state index contributed by atoms with van der Waals surface area (Å²) in [7, 11) is -3.69. The molecule has 0 unspecified atom stereocenters. The second kappa shape index (κ2) is 7.06. The molecule has 1 aliphatic rings. The smallest absolute Gasteiger partial charge is 0.287 e. The van der Waals surface area contributed by atoms with Gasteiger partial charge in [0.25, 0.3) is 15.9 Å². The molecule has 8 heteroatoms. The van der Waals surface area contributed by atoms with Gasteiger partial charge in [-0.25, -0.2) is 8.42 Å². The topological polar surface area (TPSA) is 88.9 Å². The van der Waals surface area contributed by atoms with E-state index in [9.17, 15) is 13.2 Å². The van der Waals surface area contributed by atoms with Crippen molar-refractivity contribution in [2.75, 3.05) is 32.8 Å². The quantitative estimate of drug-likeness (QED) is 0.785. The van der Waals surface area contributed by atoms with Gasteiger partial charge in [-0.3, -0.25) is 4.79 Å². The number of carbonyl (C=O) groups is 1. The van der Waals surface area contributed by atoms with E-state index in [1.54, 1.807) is 0 Å². The molecule has 0 bridgehead atoms. The van der Waals surface area contributed by atoms with Gasteiger partial charge in [0.1, 0.15) is 0 Å². The van der Waals surface area contributed by atoms with E-state index in [1.807, 2.05) is 6.92 Å². The van der Waals surface area contributed by atoms with Crippen molar-refractivity contribution in [3.05, 3.63) is 17.9 Å². The van der Waals surface area contributed by atoms with Crippen molar-refractivity contribution in [3.63, 3.8) is 0 Å². The number of sulfonamides is 1. The van der Waals surface area contributed by atoms with Crippen molar-refractivity contribution in [1.82, 2.24) is 9.62 Å². The van der Waals surface area contributed by atoms with Gasteiger partial charge in [-0.1, -0.05) is 13.3 Å². The Morgan fingerprint density at radius 3 is 2.71 bits per heavy atom. The van der Waals surface area contributed by atoms with Gasteiger partial charge >= 0.3 is 0 Å². The van der Waals surface area contributed by atoms with E-state index in [2.05, 4.69) is 5.32 Å². The Hall–Kier alpha value is -1.38. The second-order valence-corrected chi connectivity index (χ2v) is 6.61. The molecule has 0 aromatic carbocycles. The first-order chi connectivity index (χ1) is 10.1. The van der Waals surface area contributed by atoms with E-state index in [0.29, 0.717) is 32.8 Å². The molecular formula is C13H20N2O5S. The molecule has 1 fully saturated rings. The van der Waals surface area contributed by atoms with Gasteiger partial charge in [-0.05, 0) is 18.6 Å². The van der Waals surface area contributed by atoms with Crippen LogP contribution in [0, 0.1) is 0 Å². The molecule has 1 aromatic heterocycles. The van der Waals surface area contributed by atoms with Crippen LogP contribution in [0.25, 0.3) is 0 Å². The molecule has 1 amide bonds. The molecule has 0 saturated carbocycles. The van der Waals surface area contributed by atoms with Crippen LogP contribution in [0.4, 0.5) is 0 Å². The summed E-state index contributed by atoms with van der Waals surface area (Å²) in [5.74, 6) is -0.384. The first-order valence-corrected chi connectivity index (χ1v) is 8.45. The zero-order chi connectivity index (χ0) is 15.3. The lowest BCUT2D eigenvalue weighted by molar-refractivity contribution is 0.0722. The van der Waals surface area contributed by atoms with Crippen molar-refractivity contribution < 1.29 is 22.4 Å². The number of amides is 1. The number of hydrogen-bond acceptors (Lipinski definition) is 5. The number of ether oxygens (including phenoxy) is 1. The molecule has 21 heavy (non-hydrogen) atoms. The highest BCUT2D eigenvalue weighted by Crippen LogP contribution is 2.19. The molecule has 0 spiro atoms. The average Bonchev–Trinajstić information content (AvgIpc) is 2.99. The predicted octanol–water partition coefficient (Wildman–Crippen LogP) is 0.830. The maximum Gasteiger partial charge on any atom is 0.287 e. The molecule has 1 N–H and O–H groups in total. The minimum atomic E-state index is -3.69. The van der Waals surface area contributed by atoms with Gasteiger partial charge in [0.15, 0.2) is 5.76 Å². The van der Waals surface area contributed by atoms with Crippen molar-refractivity contribution in [1.29, 1.82) is 0 Å². The van der Waals surface area contributed by atoms with Crippen LogP contribution < -0.4 is 5.32 Å². The highest BCUT2D eigenvalue weighted by Gasteiger charge is 2.29. The normalized spacial score (nSPS) is 16.8. The maximum atomic E-state index is 12.3. The Balaban J connectivity index is 2.06. The summed E-state index contributed by atoms with van der Waals surface area (Å²) in [6.45, 7) is 3.88. The highest BCUT2D eigenvalue weighted by molar-refractivity contribution is 7.89. The number of rotatable bonds is 6. The van der Waals surface area contributed by atoms with Crippen LogP contribution >= 0.6 is 0 Å².